The maximum absolute atomic E-state index is 12.2. The summed E-state index contributed by atoms with van der Waals surface area (Å²) in [5.74, 6) is 1.10. The van der Waals surface area contributed by atoms with Crippen LogP contribution >= 0.6 is 0 Å². The van der Waals surface area contributed by atoms with Gasteiger partial charge in [0, 0.05) is 43.4 Å². The van der Waals surface area contributed by atoms with E-state index in [-0.39, 0.29) is 5.91 Å². The second kappa shape index (κ2) is 11.4. The molecule has 10 nitrogen and oxygen atoms in total. The van der Waals surface area contributed by atoms with Gasteiger partial charge >= 0.3 is 0 Å². The summed E-state index contributed by atoms with van der Waals surface area (Å²) in [5, 5.41) is 7.06. The van der Waals surface area contributed by atoms with Gasteiger partial charge in [-0.05, 0) is 38.4 Å². The number of carbonyl (C=O) groups is 1. The maximum atomic E-state index is 12.2. The number of benzene rings is 2. The van der Waals surface area contributed by atoms with Gasteiger partial charge in [0.15, 0.2) is 5.82 Å². The summed E-state index contributed by atoms with van der Waals surface area (Å²) in [7, 11) is 7.58. The van der Waals surface area contributed by atoms with Crippen LogP contribution in [0.2, 0.25) is 0 Å². The first kappa shape index (κ1) is 25.5. The molecule has 37 heavy (non-hydrogen) atoms. The molecule has 2 aromatic heterocycles. The van der Waals surface area contributed by atoms with E-state index in [9.17, 15) is 4.79 Å². The lowest BCUT2D eigenvalue weighted by molar-refractivity contribution is -0.111. The highest BCUT2D eigenvalue weighted by Crippen LogP contribution is 2.38. The molecule has 0 saturated heterocycles. The third kappa shape index (κ3) is 5.99. The predicted molar refractivity (Wildman–Crippen MR) is 147 cm³/mol. The highest BCUT2D eigenvalue weighted by molar-refractivity contribution is 6.02. The van der Waals surface area contributed by atoms with E-state index in [1.54, 1.807) is 19.4 Å². The lowest BCUT2D eigenvalue weighted by Crippen LogP contribution is -2.29. The largest absolute Gasteiger partial charge is 0.494 e. The van der Waals surface area contributed by atoms with E-state index in [2.05, 4.69) is 46.9 Å². The Balaban J connectivity index is 1.71. The average Bonchev–Trinajstić information content (AvgIpc) is 2.91. The highest BCUT2D eigenvalue weighted by Gasteiger charge is 2.17. The molecule has 0 fully saturated rings. The number of nitrogens with one attached hydrogen (secondary N) is 2. The molecule has 0 unspecified atom stereocenters. The Morgan fingerprint density at radius 1 is 1.05 bits per heavy atom. The number of rotatable bonds is 10. The Hall–Kier alpha value is -4.57. The highest BCUT2D eigenvalue weighted by atomic mass is 16.5. The zero-order valence-corrected chi connectivity index (χ0v) is 21.4. The quantitative estimate of drug-likeness (QED) is 0.314. The number of aromatic nitrogens is 4. The van der Waals surface area contributed by atoms with Gasteiger partial charge in [-0.1, -0.05) is 24.8 Å². The van der Waals surface area contributed by atoms with Crippen LogP contribution in [0, 0.1) is 0 Å². The molecule has 190 valence electrons. The molecule has 0 bridgehead atoms. The van der Waals surface area contributed by atoms with Gasteiger partial charge in [0.2, 0.25) is 11.9 Å². The standard InChI is InChI=1S/C27H30N8O2/c1-6-25(36)31-21-15-22(24(37-5)16-23(21)35(4)14-13-34(2)3)32-27-30-17-29-26(33-27)19-9-7-11-20-18(19)10-8-12-28-20/h6-12,15-17H,1,13-14H2,2-5H3,(H,31,36)(H,29,30,32,33). The monoisotopic (exact) mass is 498 g/mol. The molecule has 0 radical (unpaired) electrons. The Morgan fingerprint density at radius 3 is 2.65 bits per heavy atom. The molecule has 0 aliphatic rings. The SMILES string of the molecule is C=CC(=O)Nc1cc(Nc2ncnc(-c3cccc4ncccc34)n2)c(OC)cc1N(C)CCN(C)C. The van der Waals surface area contributed by atoms with Crippen LogP contribution in [0.5, 0.6) is 5.75 Å². The van der Waals surface area contributed by atoms with Crippen molar-refractivity contribution in [3.63, 3.8) is 0 Å². The average molecular weight is 499 g/mol. The number of carbonyl (C=O) groups excluding carboxylic acids is 1. The summed E-state index contributed by atoms with van der Waals surface area (Å²) in [6.45, 7) is 5.16. The van der Waals surface area contributed by atoms with Crippen molar-refractivity contribution in [2.24, 2.45) is 0 Å². The van der Waals surface area contributed by atoms with E-state index in [4.69, 9.17) is 4.74 Å². The van der Waals surface area contributed by atoms with Crippen LogP contribution < -0.4 is 20.3 Å². The number of nitrogens with zero attached hydrogens (tertiary/aromatic N) is 6. The molecular weight excluding hydrogens is 468 g/mol. The van der Waals surface area contributed by atoms with Crippen LogP contribution in [0.4, 0.5) is 23.0 Å². The lowest BCUT2D eigenvalue weighted by Gasteiger charge is -2.26. The molecule has 0 atom stereocenters. The van der Waals surface area contributed by atoms with E-state index < -0.39 is 0 Å². The van der Waals surface area contributed by atoms with Gasteiger partial charge in [-0.25, -0.2) is 9.97 Å². The predicted octanol–water partition coefficient (Wildman–Crippen LogP) is 3.96. The molecule has 0 saturated carbocycles. The van der Waals surface area contributed by atoms with Gasteiger partial charge < -0.3 is 25.2 Å². The zero-order chi connectivity index (χ0) is 26.4. The van der Waals surface area contributed by atoms with Gasteiger partial charge in [0.25, 0.3) is 0 Å². The summed E-state index contributed by atoms with van der Waals surface area (Å²) in [6.07, 6.45) is 4.44. The summed E-state index contributed by atoms with van der Waals surface area (Å²) >= 11 is 0. The maximum Gasteiger partial charge on any atom is 0.247 e. The number of ether oxygens (including phenoxy) is 1. The van der Waals surface area contributed by atoms with Gasteiger partial charge in [-0.15, -0.1) is 0 Å². The minimum Gasteiger partial charge on any atom is -0.494 e. The fourth-order valence-electron chi connectivity index (χ4n) is 3.81. The summed E-state index contributed by atoms with van der Waals surface area (Å²) < 4.78 is 5.68. The lowest BCUT2D eigenvalue weighted by atomic mass is 10.1. The van der Waals surface area contributed by atoms with Crippen LogP contribution in [-0.4, -0.2) is 72.1 Å². The molecule has 10 heteroatoms. The van der Waals surface area contributed by atoms with Gasteiger partial charge in [0.05, 0.1) is 29.7 Å². The van der Waals surface area contributed by atoms with Crippen LogP contribution in [-0.2, 0) is 4.79 Å². The topological polar surface area (TPSA) is 108 Å². The molecule has 2 N–H and O–H groups in total. The first-order chi connectivity index (χ1) is 17.9. The Morgan fingerprint density at radius 2 is 1.89 bits per heavy atom. The number of amides is 1. The summed E-state index contributed by atoms with van der Waals surface area (Å²) in [5.41, 5.74) is 3.69. The van der Waals surface area contributed by atoms with Crippen molar-refractivity contribution in [3.05, 3.63) is 67.6 Å². The van der Waals surface area contributed by atoms with Crippen molar-refractivity contribution < 1.29 is 9.53 Å². The van der Waals surface area contributed by atoms with Gasteiger partial charge in [-0.3, -0.25) is 9.78 Å². The van der Waals surface area contributed by atoms with E-state index >= 15 is 0 Å². The smallest absolute Gasteiger partial charge is 0.247 e. The number of methoxy groups -OCH3 is 1. The number of hydrogen-bond donors (Lipinski definition) is 2. The number of hydrogen-bond acceptors (Lipinski definition) is 9. The van der Waals surface area contributed by atoms with Crippen molar-refractivity contribution in [3.8, 4) is 17.1 Å². The molecule has 0 aliphatic heterocycles. The Kier molecular flexibility index (Phi) is 7.89. The molecule has 2 heterocycles. The van der Waals surface area contributed by atoms with Crippen LogP contribution in [0.1, 0.15) is 0 Å². The zero-order valence-electron chi connectivity index (χ0n) is 21.4. The first-order valence-corrected chi connectivity index (χ1v) is 11.7. The molecule has 0 aliphatic carbocycles. The van der Waals surface area contributed by atoms with E-state index in [1.807, 2.05) is 57.5 Å². The van der Waals surface area contributed by atoms with Crippen molar-refractivity contribution in [1.82, 2.24) is 24.8 Å². The Labute approximate surface area is 216 Å². The fraction of sp³-hybridized carbons (Fsp3) is 0.222. The third-order valence-electron chi connectivity index (χ3n) is 5.76. The van der Waals surface area contributed by atoms with Crippen LogP contribution in [0.3, 0.4) is 0 Å². The summed E-state index contributed by atoms with van der Waals surface area (Å²) in [4.78, 5) is 34.1. The second-order valence-electron chi connectivity index (χ2n) is 8.62. The second-order valence-corrected chi connectivity index (χ2v) is 8.62. The molecule has 1 amide bonds. The fourth-order valence-corrected chi connectivity index (χ4v) is 3.81. The summed E-state index contributed by atoms with van der Waals surface area (Å²) in [6, 6.07) is 13.4. The van der Waals surface area contributed by atoms with Gasteiger partial charge in [-0.2, -0.15) is 4.98 Å². The molecular formula is C27H30N8O2. The van der Waals surface area contributed by atoms with Gasteiger partial charge in [0.1, 0.15) is 12.1 Å². The number of likely N-dealkylation sites (N-methyl/N-ethyl adjacent to an activating group) is 2. The van der Waals surface area contributed by atoms with E-state index in [0.29, 0.717) is 28.9 Å². The minimum absolute atomic E-state index is 0.314. The van der Waals surface area contributed by atoms with Crippen molar-refractivity contribution in [2.45, 2.75) is 0 Å². The van der Waals surface area contributed by atoms with Crippen LogP contribution in [0.25, 0.3) is 22.3 Å². The third-order valence-corrected chi connectivity index (χ3v) is 5.76. The van der Waals surface area contributed by atoms with Crippen molar-refractivity contribution in [1.29, 1.82) is 0 Å². The minimum atomic E-state index is -0.314. The molecule has 4 aromatic rings. The molecule has 2 aromatic carbocycles. The van der Waals surface area contributed by atoms with E-state index in [0.717, 1.165) is 35.2 Å². The number of fused-ring (bicyclic) bond motifs is 1. The first-order valence-electron chi connectivity index (χ1n) is 11.7. The van der Waals surface area contributed by atoms with Crippen molar-refractivity contribution >= 4 is 39.8 Å². The van der Waals surface area contributed by atoms with Crippen molar-refractivity contribution in [2.75, 3.05) is 56.9 Å². The van der Waals surface area contributed by atoms with Crippen LogP contribution in [0.15, 0.2) is 67.6 Å². The molecule has 0 spiro atoms. The molecule has 4 rings (SSSR count). The number of pyridine rings is 1. The normalized spacial score (nSPS) is 10.8. The van der Waals surface area contributed by atoms with E-state index in [1.165, 1.54) is 12.4 Å². The number of anilines is 4. The Bertz CT molecular complexity index is 1420.